The van der Waals surface area contributed by atoms with Crippen molar-refractivity contribution in [3.8, 4) is 17.2 Å². The van der Waals surface area contributed by atoms with Crippen LogP contribution in [0.4, 0.5) is 0 Å². The fraction of sp³-hybridized carbons (Fsp3) is 0.300. The number of hydrogen-bond donors (Lipinski definition) is 0. The lowest BCUT2D eigenvalue weighted by Crippen LogP contribution is -2.33. The number of nitrogens with zero attached hydrogens (tertiary/aromatic N) is 1. The molecule has 0 saturated heterocycles. The molecule has 1 amide bonds. The molecule has 7 nitrogen and oxygen atoms in total. The Morgan fingerprint density at radius 1 is 1.07 bits per heavy atom. The molecule has 1 heterocycles. The van der Waals surface area contributed by atoms with E-state index in [0.29, 0.717) is 29.4 Å². The number of fused-ring (bicyclic) bond motifs is 1. The van der Waals surface area contributed by atoms with E-state index in [-0.39, 0.29) is 31.6 Å². The Hall–Kier alpha value is -3.22. The van der Waals surface area contributed by atoms with E-state index in [4.69, 9.17) is 18.9 Å². The minimum atomic E-state index is -0.376. The highest BCUT2D eigenvalue weighted by Crippen LogP contribution is 2.33. The molecule has 7 heteroatoms. The van der Waals surface area contributed by atoms with Crippen LogP contribution in [0.2, 0.25) is 0 Å². The first kappa shape index (κ1) is 18.6. The predicted molar refractivity (Wildman–Crippen MR) is 96.9 cm³/mol. The second-order valence-corrected chi connectivity index (χ2v) is 5.94. The predicted octanol–water partition coefficient (Wildman–Crippen LogP) is 2.63. The van der Waals surface area contributed by atoms with Crippen molar-refractivity contribution in [2.45, 2.75) is 13.0 Å². The molecule has 0 N–H and O–H groups in total. The number of ether oxygens (including phenoxy) is 4. The topological polar surface area (TPSA) is 74.3 Å². The summed E-state index contributed by atoms with van der Waals surface area (Å²) in [4.78, 5) is 26.3. The van der Waals surface area contributed by atoms with Crippen LogP contribution in [0.1, 0.15) is 22.3 Å². The molecule has 0 spiro atoms. The van der Waals surface area contributed by atoms with Crippen LogP contribution in [0.5, 0.6) is 17.2 Å². The highest BCUT2D eigenvalue weighted by molar-refractivity contribution is 5.97. The van der Waals surface area contributed by atoms with Crippen LogP contribution in [-0.4, -0.2) is 44.3 Å². The van der Waals surface area contributed by atoms with Crippen LogP contribution >= 0.6 is 0 Å². The molecule has 1 aliphatic heterocycles. The number of para-hydroxylation sites is 1. The molecule has 0 saturated carbocycles. The van der Waals surface area contributed by atoms with Crippen molar-refractivity contribution in [2.75, 3.05) is 27.6 Å². The third-order valence-electron chi connectivity index (χ3n) is 4.25. The summed E-state index contributed by atoms with van der Waals surface area (Å²) in [6.45, 7) is 0.716. The molecule has 3 rings (SSSR count). The number of esters is 1. The van der Waals surface area contributed by atoms with E-state index < -0.39 is 0 Å². The summed E-state index contributed by atoms with van der Waals surface area (Å²) in [5.74, 6) is 1.20. The summed E-state index contributed by atoms with van der Waals surface area (Å²) in [7, 11) is 2.84. The number of methoxy groups -OCH3 is 2. The van der Waals surface area contributed by atoms with Crippen molar-refractivity contribution in [3.63, 3.8) is 0 Å². The van der Waals surface area contributed by atoms with Gasteiger partial charge in [-0.2, -0.15) is 0 Å². The van der Waals surface area contributed by atoms with Gasteiger partial charge in [0.15, 0.2) is 11.5 Å². The van der Waals surface area contributed by atoms with E-state index in [2.05, 4.69) is 0 Å². The molecule has 0 unspecified atom stereocenters. The smallest absolute Gasteiger partial charge is 0.307 e. The second-order valence-electron chi connectivity index (χ2n) is 5.94. The SMILES string of the molecule is COC(=O)CCN(Cc1ccc2c(c1)OCO2)C(=O)c1ccccc1OC. The standard InChI is InChI=1S/C20H21NO6/c1-24-16-6-4-3-5-15(16)20(23)21(10-9-19(22)25-2)12-14-7-8-17-18(11-14)27-13-26-17/h3-8,11H,9-10,12-13H2,1-2H3. The Labute approximate surface area is 157 Å². The van der Waals surface area contributed by atoms with Gasteiger partial charge < -0.3 is 23.8 Å². The van der Waals surface area contributed by atoms with Gasteiger partial charge in [0.05, 0.1) is 26.2 Å². The molecule has 142 valence electrons. The summed E-state index contributed by atoms with van der Waals surface area (Å²) < 4.78 is 20.7. The van der Waals surface area contributed by atoms with Crippen LogP contribution in [0.15, 0.2) is 42.5 Å². The maximum absolute atomic E-state index is 13.1. The van der Waals surface area contributed by atoms with Crippen molar-refractivity contribution in [1.82, 2.24) is 4.90 Å². The molecule has 2 aromatic rings. The summed E-state index contributed by atoms with van der Waals surface area (Å²) in [5, 5.41) is 0. The van der Waals surface area contributed by atoms with E-state index in [9.17, 15) is 9.59 Å². The fourth-order valence-corrected chi connectivity index (χ4v) is 2.83. The van der Waals surface area contributed by atoms with E-state index >= 15 is 0 Å². The average molecular weight is 371 g/mol. The van der Waals surface area contributed by atoms with E-state index in [0.717, 1.165) is 5.56 Å². The van der Waals surface area contributed by atoms with E-state index in [1.807, 2.05) is 18.2 Å². The largest absolute Gasteiger partial charge is 0.496 e. The van der Waals surface area contributed by atoms with E-state index in [1.165, 1.54) is 14.2 Å². The third kappa shape index (κ3) is 4.31. The summed E-state index contributed by atoms with van der Waals surface area (Å²) in [6.07, 6.45) is 0.0991. The number of amides is 1. The molecule has 0 bridgehead atoms. The molecule has 0 fully saturated rings. The van der Waals surface area contributed by atoms with Crippen LogP contribution in [-0.2, 0) is 16.1 Å². The van der Waals surface area contributed by atoms with Gasteiger partial charge in [-0.1, -0.05) is 18.2 Å². The van der Waals surface area contributed by atoms with Gasteiger partial charge in [-0.3, -0.25) is 9.59 Å². The zero-order valence-electron chi connectivity index (χ0n) is 15.3. The van der Waals surface area contributed by atoms with Crippen LogP contribution in [0.25, 0.3) is 0 Å². The van der Waals surface area contributed by atoms with Gasteiger partial charge in [0.25, 0.3) is 5.91 Å². The monoisotopic (exact) mass is 371 g/mol. The van der Waals surface area contributed by atoms with Gasteiger partial charge in [-0.15, -0.1) is 0 Å². The molecular weight excluding hydrogens is 350 g/mol. The lowest BCUT2D eigenvalue weighted by atomic mass is 10.1. The van der Waals surface area contributed by atoms with Crippen LogP contribution < -0.4 is 14.2 Å². The zero-order valence-corrected chi connectivity index (χ0v) is 15.3. The molecular formula is C20H21NO6. The molecule has 2 aromatic carbocycles. The minimum absolute atomic E-state index is 0.0991. The quantitative estimate of drug-likeness (QED) is 0.697. The highest BCUT2D eigenvalue weighted by Gasteiger charge is 2.22. The van der Waals surface area contributed by atoms with Crippen LogP contribution in [0, 0.1) is 0 Å². The van der Waals surface area contributed by atoms with Gasteiger partial charge in [0.1, 0.15) is 5.75 Å². The molecule has 1 aliphatic rings. The fourth-order valence-electron chi connectivity index (χ4n) is 2.83. The maximum atomic E-state index is 13.1. The first-order chi connectivity index (χ1) is 13.1. The first-order valence-corrected chi connectivity index (χ1v) is 8.50. The van der Waals surface area contributed by atoms with E-state index in [1.54, 1.807) is 29.2 Å². The Kier molecular flexibility index (Phi) is 5.80. The number of benzene rings is 2. The second kappa shape index (κ2) is 8.44. The minimum Gasteiger partial charge on any atom is -0.496 e. The van der Waals surface area contributed by atoms with Gasteiger partial charge in [0.2, 0.25) is 6.79 Å². The normalized spacial score (nSPS) is 11.8. The zero-order chi connectivity index (χ0) is 19.2. The lowest BCUT2D eigenvalue weighted by molar-refractivity contribution is -0.140. The van der Waals surface area contributed by atoms with Crippen molar-refractivity contribution in [2.24, 2.45) is 0 Å². The molecule has 0 atom stereocenters. The van der Waals surface area contributed by atoms with Gasteiger partial charge in [-0.05, 0) is 29.8 Å². The molecule has 0 aliphatic carbocycles. The first-order valence-electron chi connectivity index (χ1n) is 8.50. The summed E-state index contributed by atoms with van der Waals surface area (Å²) in [5.41, 5.74) is 1.30. The Morgan fingerprint density at radius 2 is 1.85 bits per heavy atom. The molecule has 0 radical (unpaired) electrons. The van der Waals surface area contributed by atoms with Crippen molar-refractivity contribution in [3.05, 3.63) is 53.6 Å². The van der Waals surface area contributed by atoms with Crippen molar-refractivity contribution in [1.29, 1.82) is 0 Å². The van der Waals surface area contributed by atoms with Crippen molar-refractivity contribution >= 4 is 11.9 Å². The summed E-state index contributed by atoms with van der Waals surface area (Å²) in [6, 6.07) is 12.5. The van der Waals surface area contributed by atoms with Crippen LogP contribution in [0.3, 0.4) is 0 Å². The maximum Gasteiger partial charge on any atom is 0.307 e. The number of rotatable bonds is 7. The Balaban J connectivity index is 1.83. The Bertz CT molecular complexity index is 835. The Morgan fingerprint density at radius 3 is 2.63 bits per heavy atom. The highest BCUT2D eigenvalue weighted by atomic mass is 16.7. The van der Waals surface area contributed by atoms with Gasteiger partial charge in [0, 0.05) is 13.1 Å². The van der Waals surface area contributed by atoms with Gasteiger partial charge in [-0.25, -0.2) is 0 Å². The van der Waals surface area contributed by atoms with Crippen molar-refractivity contribution < 1.29 is 28.5 Å². The number of hydrogen-bond acceptors (Lipinski definition) is 6. The number of carbonyl (C=O) groups is 2. The summed E-state index contributed by atoms with van der Waals surface area (Å²) >= 11 is 0. The average Bonchev–Trinajstić information content (AvgIpc) is 3.18. The molecule has 0 aromatic heterocycles. The number of carbonyl (C=O) groups excluding carboxylic acids is 2. The molecule has 27 heavy (non-hydrogen) atoms. The lowest BCUT2D eigenvalue weighted by Gasteiger charge is -2.23. The third-order valence-corrected chi connectivity index (χ3v) is 4.25. The van der Waals surface area contributed by atoms with Gasteiger partial charge >= 0.3 is 5.97 Å².